The zero-order valence-corrected chi connectivity index (χ0v) is 9.80. The number of aromatic nitrogens is 1. The second kappa shape index (κ2) is 4.51. The van der Waals surface area contributed by atoms with Crippen molar-refractivity contribution in [1.29, 1.82) is 0 Å². The molecule has 1 aliphatic heterocycles. The van der Waals surface area contributed by atoms with E-state index in [1.165, 1.54) is 0 Å². The van der Waals surface area contributed by atoms with Gasteiger partial charge in [-0.25, -0.2) is 9.98 Å². The highest BCUT2D eigenvalue weighted by molar-refractivity contribution is 5.93. The van der Waals surface area contributed by atoms with Crippen LogP contribution in [-0.4, -0.2) is 30.6 Å². The minimum Gasteiger partial charge on any atom is -0.495 e. The fraction of sp³-hybridized carbons (Fsp3) is 0.500. The third kappa shape index (κ3) is 2.15. The number of aliphatic imine (C=N–C) groups is 1. The molecule has 1 aliphatic rings. The maximum atomic E-state index is 5.53. The Morgan fingerprint density at radius 1 is 1.44 bits per heavy atom. The Bertz CT molecular complexity index is 385. The Labute approximate surface area is 95.3 Å². The van der Waals surface area contributed by atoms with Gasteiger partial charge in [-0.2, -0.15) is 0 Å². The molecule has 0 aliphatic carbocycles. The number of methoxy groups -OCH3 is 1. The second-order valence-electron chi connectivity index (χ2n) is 4.14. The Balaban J connectivity index is 2.16. The molecule has 0 saturated heterocycles. The molecule has 0 fully saturated rings. The van der Waals surface area contributed by atoms with E-state index < -0.39 is 0 Å². The zero-order valence-electron chi connectivity index (χ0n) is 9.80. The van der Waals surface area contributed by atoms with E-state index in [9.17, 15) is 0 Å². The summed E-state index contributed by atoms with van der Waals surface area (Å²) in [6.45, 7) is 4.94. The number of hydrogen-bond donors (Lipinski definition) is 0. The maximum absolute atomic E-state index is 5.53. The molecule has 0 aromatic carbocycles. The molecular formula is C12H16N2O2. The number of pyridine rings is 1. The summed E-state index contributed by atoms with van der Waals surface area (Å²) in [5.41, 5.74) is 0.768. The third-order valence-corrected chi connectivity index (χ3v) is 2.63. The molecule has 2 rings (SSSR count). The zero-order chi connectivity index (χ0) is 11.5. The van der Waals surface area contributed by atoms with Crippen LogP contribution >= 0.6 is 0 Å². The van der Waals surface area contributed by atoms with Crippen molar-refractivity contribution in [2.24, 2.45) is 10.9 Å². The SMILES string of the molecule is COc1ccc(C2=N[C@@H](C(C)C)CO2)nc1. The molecule has 16 heavy (non-hydrogen) atoms. The molecule has 0 bridgehead atoms. The van der Waals surface area contributed by atoms with E-state index in [1.807, 2.05) is 12.1 Å². The van der Waals surface area contributed by atoms with Crippen molar-refractivity contribution in [3.05, 3.63) is 24.0 Å². The van der Waals surface area contributed by atoms with E-state index >= 15 is 0 Å². The molecule has 4 nitrogen and oxygen atoms in total. The monoisotopic (exact) mass is 220 g/mol. The van der Waals surface area contributed by atoms with E-state index in [2.05, 4.69) is 23.8 Å². The van der Waals surface area contributed by atoms with Gasteiger partial charge < -0.3 is 9.47 Å². The predicted octanol–water partition coefficient (Wildman–Crippen LogP) is 1.89. The first-order chi connectivity index (χ1) is 7.70. The molecule has 0 radical (unpaired) electrons. The van der Waals surface area contributed by atoms with Crippen LogP contribution in [0.3, 0.4) is 0 Å². The minimum atomic E-state index is 0.249. The van der Waals surface area contributed by atoms with E-state index in [1.54, 1.807) is 13.3 Å². The summed E-state index contributed by atoms with van der Waals surface area (Å²) >= 11 is 0. The van der Waals surface area contributed by atoms with Gasteiger partial charge in [-0.15, -0.1) is 0 Å². The van der Waals surface area contributed by atoms with Crippen LogP contribution in [0.1, 0.15) is 19.5 Å². The first kappa shape index (κ1) is 10.9. The molecule has 0 N–H and O–H groups in total. The fourth-order valence-electron chi connectivity index (χ4n) is 1.50. The first-order valence-corrected chi connectivity index (χ1v) is 5.41. The molecule has 0 spiro atoms. The van der Waals surface area contributed by atoms with Gasteiger partial charge in [-0.05, 0) is 18.1 Å². The molecule has 86 valence electrons. The average molecular weight is 220 g/mol. The van der Waals surface area contributed by atoms with E-state index in [0.29, 0.717) is 18.4 Å². The van der Waals surface area contributed by atoms with Crippen molar-refractivity contribution in [1.82, 2.24) is 4.98 Å². The normalized spacial score (nSPS) is 19.5. The summed E-state index contributed by atoms with van der Waals surface area (Å²) in [7, 11) is 1.62. The van der Waals surface area contributed by atoms with Gasteiger partial charge >= 0.3 is 0 Å². The standard InChI is InChI=1S/C12H16N2O2/c1-8(2)11-7-16-12(14-11)10-5-4-9(15-3)6-13-10/h4-6,8,11H,7H2,1-3H3/t11-/m1/s1. The summed E-state index contributed by atoms with van der Waals surface area (Å²) in [5.74, 6) is 1.87. The Morgan fingerprint density at radius 2 is 2.25 bits per heavy atom. The van der Waals surface area contributed by atoms with Crippen molar-refractivity contribution in [2.45, 2.75) is 19.9 Å². The van der Waals surface area contributed by atoms with Gasteiger partial charge in [0.05, 0.1) is 19.3 Å². The van der Waals surface area contributed by atoms with Crippen LogP contribution < -0.4 is 4.74 Å². The Hall–Kier alpha value is -1.58. The molecule has 1 aromatic rings. The van der Waals surface area contributed by atoms with Crippen molar-refractivity contribution < 1.29 is 9.47 Å². The molecule has 0 saturated carbocycles. The minimum absolute atomic E-state index is 0.249. The summed E-state index contributed by atoms with van der Waals surface area (Å²) in [5, 5.41) is 0. The molecule has 2 heterocycles. The Kier molecular flexibility index (Phi) is 3.08. The van der Waals surface area contributed by atoms with Crippen LogP contribution in [0.25, 0.3) is 0 Å². The van der Waals surface area contributed by atoms with Gasteiger partial charge in [0.25, 0.3) is 0 Å². The lowest BCUT2D eigenvalue weighted by atomic mass is 10.1. The van der Waals surface area contributed by atoms with Gasteiger partial charge in [0.1, 0.15) is 18.1 Å². The van der Waals surface area contributed by atoms with Crippen LogP contribution in [0, 0.1) is 5.92 Å². The average Bonchev–Trinajstić information content (AvgIpc) is 2.78. The van der Waals surface area contributed by atoms with E-state index in [0.717, 1.165) is 11.4 Å². The number of hydrogen-bond acceptors (Lipinski definition) is 4. The van der Waals surface area contributed by atoms with Crippen molar-refractivity contribution >= 4 is 5.90 Å². The van der Waals surface area contributed by atoms with Gasteiger partial charge in [-0.3, -0.25) is 0 Å². The van der Waals surface area contributed by atoms with Crippen molar-refractivity contribution in [3.8, 4) is 5.75 Å². The first-order valence-electron chi connectivity index (χ1n) is 5.41. The van der Waals surface area contributed by atoms with Crippen molar-refractivity contribution in [2.75, 3.05) is 13.7 Å². The second-order valence-corrected chi connectivity index (χ2v) is 4.14. The van der Waals surface area contributed by atoms with Crippen LogP contribution in [0.4, 0.5) is 0 Å². The van der Waals surface area contributed by atoms with Crippen LogP contribution in [-0.2, 0) is 4.74 Å². The van der Waals surface area contributed by atoms with E-state index in [4.69, 9.17) is 9.47 Å². The third-order valence-electron chi connectivity index (χ3n) is 2.63. The summed E-state index contributed by atoms with van der Waals surface area (Å²) in [6, 6.07) is 3.97. The van der Waals surface area contributed by atoms with Gasteiger partial charge in [-0.1, -0.05) is 13.8 Å². The largest absolute Gasteiger partial charge is 0.495 e. The molecule has 1 atom stereocenters. The highest BCUT2D eigenvalue weighted by Crippen LogP contribution is 2.17. The topological polar surface area (TPSA) is 43.7 Å². The molecular weight excluding hydrogens is 204 g/mol. The van der Waals surface area contributed by atoms with Gasteiger partial charge in [0.2, 0.25) is 5.90 Å². The molecule has 1 aromatic heterocycles. The van der Waals surface area contributed by atoms with E-state index in [-0.39, 0.29) is 6.04 Å². The van der Waals surface area contributed by atoms with Crippen LogP contribution in [0.15, 0.2) is 23.3 Å². The quantitative estimate of drug-likeness (QED) is 0.781. The number of rotatable bonds is 3. The van der Waals surface area contributed by atoms with Crippen LogP contribution in [0.2, 0.25) is 0 Å². The summed E-state index contributed by atoms with van der Waals surface area (Å²) in [4.78, 5) is 8.75. The predicted molar refractivity (Wildman–Crippen MR) is 61.9 cm³/mol. The maximum Gasteiger partial charge on any atom is 0.235 e. The fourth-order valence-corrected chi connectivity index (χ4v) is 1.50. The number of nitrogens with zero attached hydrogens (tertiary/aromatic N) is 2. The molecule has 0 amide bonds. The molecule has 0 unspecified atom stereocenters. The summed E-state index contributed by atoms with van der Waals surface area (Å²) < 4.78 is 10.6. The summed E-state index contributed by atoms with van der Waals surface area (Å²) in [6.07, 6.45) is 1.67. The van der Waals surface area contributed by atoms with Gasteiger partial charge in [0.15, 0.2) is 0 Å². The lowest BCUT2D eigenvalue weighted by Gasteiger charge is -2.06. The van der Waals surface area contributed by atoms with Crippen LogP contribution in [0.5, 0.6) is 5.75 Å². The lowest BCUT2D eigenvalue weighted by Crippen LogP contribution is -2.13. The van der Waals surface area contributed by atoms with Crippen molar-refractivity contribution in [3.63, 3.8) is 0 Å². The smallest absolute Gasteiger partial charge is 0.235 e. The Morgan fingerprint density at radius 3 is 2.75 bits per heavy atom. The number of ether oxygens (including phenoxy) is 2. The molecule has 4 heteroatoms. The lowest BCUT2D eigenvalue weighted by molar-refractivity contribution is 0.291. The highest BCUT2D eigenvalue weighted by Gasteiger charge is 2.23. The van der Waals surface area contributed by atoms with Gasteiger partial charge in [0, 0.05) is 0 Å². The highest BCUT2D eigenvalue weighted by atomic mass is 16.5.